The van der Waals surface area contributed by atoms with Crippen molar-refractivity contribution in [2.24, 2.45) is 0 Å². The van der Waals surface area contributed by atoms with Gasteiger partial charge >= 0.3 is 0 Å². The minimum Gasteiger partial charge on any atom is -0.324 e. The summed E-state index contributed by atoms with van der Waals surface area (Å²) in [7, 11) is 0. The summed E-state index contributed by atoms with van der Waals surface area (Å²) in [5, 5.41) is 9.50. The predicted molar refractivity (Wildman–Crippen MR) is 83.1 cm³/mol. The van der Waals surface area contributed by atoms with E-state index in [1.165, 1.54) is 0 Å². The van der Waals surface area contributed by atoms with Crippen molar-refractivity contribution in [2.75, 3.05) is 0 Å². The Morgan fingerprint density at radius 1 is 1.24 bits per heavy atom. The Bertz CT molecular complexity index is 838. The highest BCUT2D eigenvalue weighted by Crippen LogP contribution is 2.22. The zero-order valence-corrected chi connectivity index (χ0v) is 11.7. The fraction of sp³-hybridized carbons (Fsp3) is 0.118. The van der Waals surface area contributed by atoms with E-state index in [9.17, 15) is 5.26 Å². The van der Waals surface area contributed by atoms with Crippen molar-refractivity contribution in [1.82, 2.24) is 14.5 Å². The molecule has 0 fully saturated rings. The third-order valence-electron chi connectivity index (χ3n) is 3.35. The van der Waals surface area contributed by atoms with Crippen LogP contribution in [-0.2, 0) is 6.54 Å². The topological polar surface area (TPSA) is 54.5 Å². The number of pyridine rings is 1. The van der Waals surface area contributed by atoms with Crippen LogP contribution in [0.4, 0.5) is 0 Å². The maximum atomic E-state index is 9.50. The number of hydrogen-bond acceptors (Lipinski definition) is 3. The summed E-state index contributed by atoms with van der Waals surface area (Å²) in [6.45, 7) is 2.82. The quantitative estimate of drug-likeness (QED) is 0.687. The van der Waals surface area contributed by atoms with E-state index < -0.39 is 0 Å². The first kappa shape index (κ1) is 13.1. The lowest BCUT2D eigenvalue weighted by Gasteiger charge is -2.04. The monoisotopic (exact) mass is 274 g/mol. The summed E-state index contributed by atoms with van der Waals surface area (Å²) in [4.78, 5) is 8.59. The second kappa shape index (κ2) is 5.59. The van der Waals surface area contributed by atoms with Crippen molar-refractivity contribution < 1.29 is 0 Å². The lowest BCUT2D eigenvalue weighted by atomic mass is 10.1. The number of benzene rings is 1. The van der Waals surface area contributed by atoms with Gasteiger partial charge < -0.3 is 4.57 Å². The number of hydrogen-bond donors (Lipinski definition) is 0. The molecular weight excluding hydrogens is 260 g/mol. The first-order chi connectivity index (χ1) is 10.3. The highest BCUT2D eigenvalue weighted by atomic mass is 15.1. The smallest absolute Gasteiger partial charge is 0.151 e. The van der Waals surface area contributed by atoms with Gasteiger partial charge in [-0.2, -0.15) is 5.26 Å². The molecule has 0 saturated carbocycles. The van der Waals surface area contributed by atoms with Gasteiger partial charge in [0.2, 0.25) is 0 Å². The van der Waals surface area contributed by atoms with Gasteiger partial charge in [-0.1, -0.05) is 12.1 Å². The molecule has 1 aromatic carbocycles. The maximum Gasteiger partial charge on any atom is 0.151 e. The lowest BCUT2D eigenvalue weighted by Crippen LogP contribution is -2.00. The molecule has 0 bridgehead atoms. The zero-order valence-electron chi connectivity index (χ0n) is 11.7. The number of nitrogens with zero attached hydrogens (tertiary/aromatic N) is 4. The number of allylic oxidation sites excluding steroid dienone is 1. The number of nitriles is 1. The van der Waals surface area contributed by atoms with Crippen LogP contribution in [-0.4, -0.2) is 14.5 Å². The van der Waals surface area contributed by atoms with Crippen molar-refractivity contribution in [2.45, 2.75) is 13.5 Å². The summed E-state index contributed by atoms with van der Waals surface area (Å²) in [5.41, 5.74) is 3.45. The van der Waals surface area contributed by atoms with Gasteiger partial charge in [-0.05, 0) is 42.8 Å². The molecule has 0 spiro atoms. The molecule has 2 heterocycles. The summed E-state index contributed by atoms with van der Waals surface area (Å²) >= 11 is 0. The fourth-order valence-corrected chi connectivity index (χ4v) is 2.37. The summed E-state index contributed by atoms with van der Waals surface area (Å²) in [5.74, 6) is 0.706. The van der Waals surface area contributed by atoms with Crippen LogP contribution in [0, 0.1) is 11.3 Å². The van der Waals surface area contributed by atoms with Gasteiger partial charge in [-0.25, -0.2) is 4.98 Å². The van der Waals surface area contributed by atoms with Gasteiger partial charge in [0.15, 0.2) is 5.82 Å². The molecule has 0 atom stereocenters. The molecule has 0 aliphatic carbocycles. The normalized spacial score (nSPS) is 11.5. The number of rotatable bonds is 3. The number of para-hydroxylation sites is 2. The highest BCUT2D eigenvalue weighted by Gasteiger charge is 2.13. The Labute approximate surface area is 123 Å². The second-order valence-electron chi connectivity index (χ2n) is 4.62. The van der Waals surface area contributed by atoms with E-state index in [4.69, 9.17) is 0 Å². The van der Waals surface area contributed by atoms with E-state index >= 15 is 0 Å². The molecular formula is C17H14N4. The summed E-state index contributed by atoms with van der Waals surface area (Å²) < 4.78 is 2.06. The Kier molecular flexibility index (Phi) is 3.48. The van der Waals surface area contributed by atoms with Gasteiger partial charge in [-0.3, -0.25) is 4.98 Å². The molecule has 102 valence electrons. The molecule has 0 radical (unpaired) electrons. The molecule has 0 amide bonds. The van der Waals surface area contributed by atoms with Gasteiger partial charge in [0.1, 0.15) is 6.07 Å². The Hall–Kier alpha value is -2.93. The SMILES string of the molecule is CCn1c(/C(C#N)=C\c2ccncc2)nc2ccccc21. The highest BCUT2D eigenvalue weighted by molar-refractivity contribution is 5.90. The third kappa shape index (κ3) is 2.41. The van der Waals surface area contributed by atoms with E-state index in [1.54, 1.807) is 12.4 Å². The van der Waals surface area contributed by atoms with Crippen molar-refractivity contribution in [3.8, 4) is 6.07 Å². The number of imidazole rings is 1. The number of aryl methyl sites for hydroxylation is 1. The van der Waals surface area contributed by atoms with Crippen LogP contribution < -0.4 is 0 Å². The minimum absolute atomic E-state index is 0.555. The molecule has 4 nitrogen and oxygen atoms in total. The zero-order chi connectivity index (χ0) is 14.7. The van der Waals surface area contributed by atoms with Crippen LogP contribution in [0.15, 0.2) is 48.8 Å². The van der Waals surface area contributed by atoms with E-state index in [0.717, 1.165) is 23.1 Å². The third-order valence-corrected chi connectivity index (χ3v) is 3.35. The van der Waals surface area contributed by atoms with Crippen molar-refractivity contribution in [3.63, 3.8) is 0 Å². The Morgan fingerprint density at radius 3 is 2.71 bits per heavy atom. The largest absolute Gasteiger partial charge is 0.324 e. The van der Waals surface area contributed by atoms with Crippen molar-refractivity contribution in [3.05, 3.63) is 60.2 Å². The molecule has 2 aromatic heterocycles. The molecule has 21 heavy (non-hydrogen) atoms. The summed E-state index contributed by atoms with van der Waals surface area (Å²) in [6, 6.07) is 13.9. The lowest BCUT2D eigenvalue weighted by molar-refractivity contribution is 0.775. The van der Waals surface area contributed by atoms with Crippen molar-refractivity contribution >= 4 is 22.7 Å². The maximum absolute atomic E-state index is 9.50. The summed E-state index contributed by atoms with van der Waals surface area (Å²) in [6.07, 6.45) is 5.27. The average molecular weight is 274 g/mol. The molecule has 0 N–H and O–H groups in total. The molecule has 0 aliphatic rings. The standard InChI is InChI=1S/C17H14N4/c1-2-21-16-6-4-3-5-15(16)20-17(21)14(12-18)11-13-7-9-19-10-8-13/h3-11H,2H2,1H3/b14-11-. The predicted octanol–water partition coefficient (Wildman–Crippen LogP) is 3.52. The van der Waals surface area contributed by atoms with Crippen LogP contribution in [0.25, 0.3) is 22.7 Å². The van der Waals surface area contributed by atoms with E-state index in [2.05, 4.69) is 27.5 Å². The molecule has 3 aromatic rings. The van der Waals surface area contributed by atoms with Crippen LogP contribution in [0.2, 0.25) is 0 Å². The minimum atomic E-state index is 0.555. The Morgan fingerprint density at radius 2 is 2.00 bits per heavy atom. The van der Waals surface area contributed by atoms with Crippen LogP contribution >= 0.6 is 0 Å². The molecule has 0 saturated heterocycles. The van der Waals surface area contributed by atoms with Crippen LogP contribution in [0.5, 0.6) is 0 Å². The first-order valence-corrected chi connectivity index (χ1v) is 6.81. The van der Waals surface area contributed by atoms with Gasteiger partial charge in [0.05, 0.1) is 16.6 Å². The first-order valence-electron chi connectivity index (χ1n) is 6.81. The second-order valence-corrected chi connectivity index (χ2v) is 4.62. The average Bonchev–Trinajstić information content (AvgIpc) is 2.92. The molecule has 0 unspecified atom stereocenters. The van der Waals surface area contributed by atoms with E-state index in [0.29, 0.717) is 11.4 Å². The van der Waals surface area contributed by atoms with E-state index in [1.807, 2.05) is 42.5 Å². The van der Waals surface area contributed by atoms with Gasteiger partial charge in [-0.15, -0.1) is 0 Å². The number of fused-ring (bicyclic) bond motifs is 1. The van der Waals surface area contributed by atoms with Crippen molar-refractivity contribution in [1.29, 1.82) is 5.26 Å². The van der Waals surface area contributed by atoms with E-state index in [-0.39, 0.29) is 0 Å². The molecule has 0 aliphatic heterocycles. The molecule has 4 heteroatoms. The fourth-order valence-electron chi connectivity index (χ4n) is 2.37. The molecule has 3 rings (SSSR count). The van der Waals surface area contributed by atoms with Gasteiger partial charge in [0.25, 0.3) is 0 Å². The number of aromatic nitrogens is 3. The Balaban J connectivity index is 2.18. The van der Waals surface area contributed by atoms with Gasteiger partial charge in [0, 0.05) is 18.9 Å². The van der Waals surface area contributed by atoms with Crippen LogP contribution in [0.1, 0.15) is 18.3 Å². The van der Waals surface area contributed by atoms with Crippen LogP contribution in [0.3, 0.4) is 0 Å².